The summed E-state index contributed by atoms with van der Waals surface area (Å²) in [4.78, 5) is 18.1. The number of thioether (sulfide) groups is 1. The second kappa shape index (κ2) is 6.51. The molecule has 3 N–H and O–H groups in total. The number of nitrogens with two attached hydrogens (primary N) is 1. The van der Waals surface area contributed by atoms with Crippen molar-refractivity contribution in [3.8, 4) is 0 Å². The smallest absolute Gasteiger partial charge is 0.189 e. The van der Waals surface area contributed by atoms with Gasteiger partial charge in [0.15, 0.2) is 11.0 Å². The molecular formula is C18H22N6S2. The van der Waals surface area contributed by atoms with Gasteiger partial charge in [-0.2, -0.15) is 0 Å². The van der Waals surface area contributed by atoms with Crippen molar-refractivity contribution in [1.82, 2.24) is 15.0 Å². The molecule has 3 aromatic rings. The number of hydrogen-bond donors (Lipinski definition) is 2. The summed E-state index contributed by atoms with van der Waals surface area (Å²) in [5.41, 5.74) is 6.69. The van der Waals surface area contributed by atoms with Gasteiger partial charge in [-0.15, -0.1) is 11.3 Å². The summed E-state index contributed by atoms with van der Waals surface area (Å²) >= 11 is 3.21. The van der Waals surface area contributed by atoms with Crippen LogP contribution in [-0.2, 0) is 12.8 Å². The standard InChI is InChI=1S/C18H22N6S2/c1-25-18-20-13-12-10-6-2-3-7-11(10)16(24-8-4-5-9-24)22-17(12)26-14(13)15(21-18)23-19/h2-9,19H2,1H3,(H,20,21,23). The first-order valence-electron chi connectivity index (χ1n) is 9.21. The highest BCUT2D eigenvalue weighted by Crippen LogP contribution is 2.43. The van der Waals surface area contributed by atoms with E-state index in [-0.39, 0.29) is 0 Å². The molecule has 136 valence electrons. The number of hydrazine groups is 1. The Balaban J connectivity index is 1.85. The zero-order valence-corrected chi connectivity index (χ0v) is 16.5. The van der Waals surface area contributed by atoms with Gasteiger partial charge in [-0.25, -0.2) is 20.8 Å². The van der Waals surface area contributed by atoms with E-state index < -0.39 is 0 Å². The quantitative estimate of drug-likeness (QED) is 0.307. The van der Waals surface area contributed by atoms with Crippen molar-refractivity contribution in [2.24, 2.45) is 5.84 Å². The molecule has 0 bridgehead atoms. The summed E-state index contributed by atoms with van der Waals surface area (Å²) in [7, 11) is 0. The van der Waals surface area contributed by atoms with Gasteiger partial charge < -0.3 is 10.3 Å². The average Bonchev–Trinajstić information content (AvgIpc) is 3.34. The van der Waals surface area contributed by atoms with Crippen LogP contribution in [0.2, 0.25) is 0 Å². The normalized spacial score (nSPS) is 17.2. The highest BCUT2D eigenvalue weighted by atomic mass is 32.2. The lowest BCUT2D eigenvalue weighted by molar-refractivity contribution is 0.684. The van der Waals surface area contributed by atoms with E-state index in [1.54, 1.807) is 23.1 Å². The topological polar surface area (TPSA) is 80.0 Å². The molecule has 0 aromatic carbocycles. The van der Waals surface area contributed by atoms with Gasteiger partial charge in [0.1, 0.15) is 10.6 Å². The van der Waals surface area contributed by atoms with E-state index in [9.17, 15) is 0 Å². The van der Waals surface area contributed by atoms with Gasteiger partial charge in [-0.1, -0.05) is 11.8 Å². The fourth-order valence-corrected chi connectivity index (χ4v) is 5.73. The van der Waals surface area contributed by atoms with Gasteiger partial charge in [0.2, 0.25) is 0 Å². The van der Waals surface area contributed by atoms with Crippen LogP contribution in [0.15, 0.2) is 5.16 Å². The van der Waals surface area contributed by atoms with Crippen molar-refractivity contribution >= 4 is 55.2 Å². The summed E-state index contributed by atoms with van der Waals surface area (Å²) in [6.07, 6.45) is 9.27. The minimum absolute atomic E-state index is 0.703. The fraction of sp³-hybridized carbons (Fsp3) is 0.500. The molecule has 8 heteroatoms. The highest BCUT2D eigenvalue weighted by molar-refractivity contribution is 7.98. The second-order valence-electron chi connectivity index (χ2n) is 6.96. The van der Waals surface area contributed by atoms with Crippen LogP contribution in [0.4, 0.5) is 11.6 Å². The fourth-order valence-electron chi connectivity index (χ4n) is 4.27. The average molecular weight is 387 g/mol. The zero-order valence-electron chi connectivity index (χ0n) is 14.8. The third-order valence-corrected chi connectivity index (χ3v) is 7.09. The Kier molecular flexibility index (Phi) is 4.14. The molecule has 2 aliphatic rings. The van der Waals surface area contributed by atoms with Crippen LogP contribution in [0.1, 0.15) is 36.8 Å². The second-order valence-corrected chi connectivity index (χ2v) is 8.73. The van der Waals surface area contributed by atoms with Crippen molar-refractivity contribution in [3.63, 3.8) is 0 Å². The number of nitrogen functional groups attached to an aromatic ring is 1. The molecule has 1 fully saturated rings. The zero-order chi connectivity index (χ0) is 17.7. The predicted molar refractivity (Wildman–Crippen MR) is 110 cm³/mol. The van der Waals surface area contributed by atoms with Crippen LogP contribution < -0.4 is 16.2 Å². The molecule has 4 heterocycles. The lowest BCUT2D eigenvalue weighted by atomic mass is 9.90. The Labute approximate surface area is 160 Å². The molecule has 0 saturated carbocycles. The summed E-state index contributed by atoms with van der Waals surface area (Å²) in [5.74, 6) is 7.68. The van der Waals surface area contributed by atoms with E-state index >= 15 is 0 Å². The number of nitrogens with zero attached hydrogens (tertiary/aromatic N) is 4. The maximum atomic E-state index is 5.76. The maximum Gasteiger partial charge on any atom is 0.189 e. The van der Waals surface area contributed by atoms with Crippen LogP contribution in [0, 0.1) is 0 Å². The van der Waals surface area contributed by atoms with Crippen molar-refractivity contribution < 1.29 is 0 Å². The molecule has 0 unspecified atom stereocenters. The van der Waals surface area contributed by atoms with E-state index in [0.29, 0.717) is 5.82 Å². The molecule has 5 rings (SSSR count). The molecule has 26 heavy (non-hydrogen) atoms. The number of hydrogen-bond acceptors (Lipinski definition) is 8. The summed E-state index contributed by atoms with van der Waals surface area (Å²) in [6.45, 7) is 2.25. The minimum atomic E-state index is 0.703. The van der Waals surface area contributed by atoms with Gasteiger partial charge in [-0.3, -0.25) is 0 Å². The van der Waals surface area contributed by atoms with E-state index in [4.69, 9.17) is 15.8 Å². The lowest BCUT2D eigenvalue weighted by Gasteiger charge is -2.25. The first kappa shape index (κ1) is 16.5. The largest absolute Gasteiger partial charge is 0.356 e. The number of anilines is 2. The molecule has 1 aliphatic heterocycles. The van der Waals surface area contributed by atoms with Crippen LogP contribution in [-0.4, -0.2) is 34.3 Å². The molecule has 0 atom stereocenters. The minimum Gasteiger partial charge on any atom is -0.356 e. The Bertz CT molecular complexity index is 993. The molecule has 3 aromatic heterocycles. The van der Waals surface area contributed by atoms with Crippen molar-refractivity contribution in [2.45, 2.75) is 43.7 Å². The van der Waals surface area contributed by atoms with Crippen LogP contribution in [0.25, 0.3) is 20.4 Å². The molecular weight excluding hydrogens is 364 g/mol. The highest BCUT2D eigenvalue weighted by Gasteiger charge is 2.27. The molecule has 1 aliphatic carbocycles. The molecule has 0 radical (unpaired) electrons. The van der Waals surface area contributed by atoms with E-state index in [0.717, 1.165) is 46.1 Å². The van der Waals surface area contributed by atoms with E-state index in [1.807, 2.05) is 6.26 Å². The van der Waals surface area contributed by atoms with Crippen molar-refractivity contribution in [3.05, 3.63) is 11.1 Å². The van der Waals surface area contributed by atoms with Gasteiger partial charge in [0, 0.05) is 18.5 Å². The first-order valence-corrected chi connectivity index (χ1v) is 11.3. The van der Waals surface area contributed by atoms with Crippen molar-refractivity contribution in [1.29, 1.82) is 0 Å². The van der Waals surface area contributed by atoms with Gasteiger partial charge >= 0.3 is 0 Å². The van der Waals surface area contributed by atoms with Gasteiger partial charge in [0.05, 0.1) is 10.2 Å². The van der Waals surface area contributed by atoms with E-state index in [1.165, 1.54) is 48.0 Å². The summed E-state index contributed by atoms with van der Waals surface area (Å²) < 4.78 is 1.01. The third kappa shape index (κ3) is 2.46. The molecule has 1 saturated heterocycles. The maximum absolute atomic E-state index is 5.76. The van der Waals surface area contributed by atoms with Crippen LogP contribution in [0.5, 0.6) is 0 Å². The lowest BCUT2D eigenvalue weighted by Crippen LogP contribution is -2.22. The summed E-state index contributed by atoms with van der Waals surface area (Å²) in [5, 5.41) is 1.98. The van der Waals surface area contributed by atoms with Crippen LogP contribution in [0.3, 0.4) is 0 Å². The number of thiophene rings is 1. The summed E-state index contributed by atoms with van der Waals surface area (Å²) in [6, 6.07) is 0. The number of fused-ring (bicyclic) bond motifs is 5. The predicted octanol–water partition coefficient (Wildman–Crippen LogP) is 3.73. The number of aromatic nitrogens is 3. The monoisotopic (exact) mass is 386 g/mol. The van der Waals surface area contributed by atoms with Gasteiger partial charge in [0.25, 0.3) is 0 Å². The molecule has 0 amide bonds. The number of nitrogens with one attached hydrogen (secondary N) is 1. The Morgan fingerprint density at radius 1 is 1.04 bits per heavy atom. The van der Waals surface area contributed by atoms with Gasteiger partial charge in [-0.05, 0) is 55.9 Å². The Hall–Kier alpha value is -1.64. The number of rotatable bonds is 3. The Morgan fingerprint density at radius 3 is 2.54 bits per heavy atom. The third-order valence-electron chi connectivity index (χ3n) is 5.47. The molecule has 6 nitrogen and oxygen atoms in total. The van der Waals surface area contributed by atoms with Crippen LogP contribution >= 0.6 is 23.1 Å². The molecule has 0 spiro atoms. The number of pyridine rings is 1. The Morgan fingerprint density at radius 2 is 1.81 bits per heavy atom. The SMILES string of the molecule is CSc1nc(NN)c2sc3nc(N4CCCC4)c4c(c3c2n1)CCCC4. The van der Waals surface area contributed by atoms with Crippen molar-refractivity contribution in [2.75, 3.05) is 29.7 Å². The van der Waals surface area contributed by atoms with E-state index in [2.05, 4.69) is 15.3 Å². The first-order chi connectivity index (χ1) is 12.8. The number of aryl methyl sites for hydroxylation is 1.